The van der Waals surface area contributed by atoms with Crippen LogP contribution in [0.1, 0.15) is 47.6 Å². The van der Waals surface area contributed by atoms with Crippen molar-refractivity contribution in [1.82, 2.24) is 14.9 Å². The molecule has 3 aromatic rings. The average Bonchev–Trinajstić information content (AvgIpc) is 3.35. The van der Waals surface area contributed by atoms with Gasteiger partial charge in [0.15, 0.2) is 9.84 Å². The van der Waals surface area contributed by atoms with Crippen LogP contribution >= 0.6 is 11.3 Å². The molecule has 0 bridgehead atoms. The molecule has 5 rings (SSSR count). The van der Waals surface area contributed by atoms with E-state index < -0.39 is 50.5 Å². The van der Waals surface area contributed by atoms with Gasteiger partial charge in [0.25, 0.3) is 0 Å². The van der Waals surface area contributed by atoms with E-state index >= 15 is 4.39 Å². The number of likely N-dealkylation sites (tertiary alicyclic amines) is 1. The number of rotatable bonds is 5. The van der Waals surface area contributed by atoms with E-state index in [4.69, 9.17) is 4.74 Å². The van der Waals surface area contributed by atoms with E-state index in [0.29, 0.717) is 22.7 Å². The van der Waals surface area contributed by atoms with E-state index in [2.05, 4.69) is 9.97 Å². The molecule has 6 nitrogen and oxygen atoms in total. The molecule has 2 aromatic heterocycles. The smallest absolute Gasteiger partial charge is 0.391 e. The maximum atomic E-state index is 15.2. The Balaban J connectivity index is 1.49. The number of thiazole rings is 1. The van der Waals surface area contributed by atoms with E-state index in [1.54, 1.807) is 29.8 Å². The predicted molar refractivity (Wildman–Crippen MR) is 125 cm³/mol. The first-order chi connectivity index (χ1) is 17.1. The zero-order valence-electron chi connectivity index (χ0n) is 19.0. The molecule has 4 heterocycles. The molecule has 1 saturated heterocycles. The van der Waals surface area contributed by atoms with Gasteiger partial charge in [-0.2, -0.15) is 13.2 Å². The Morgan fingerprint density at radius 2 is 1.94 bits per heavy atom. The fourth-order valence-electron chi connectivity index (χ4n) is 5.04. The number of aromatic nitrogens is 2. The standard InChI is InChI=1S/C24H23F4N3O3S2/c25-17-12-16-19(5-9-34-21(16)13-22(17)36(32,33)14-23-30-7-10-35-23)31-8-4-15(24(26,27)28)11-20(31)18-3-1-2-6-29-18/h1-3,6-7,10,12-13,15,19-20H,4-5,8-9,11,14H2/t15-,19+,20+/m1/s1. The lowest BCUT2D eigenvalue weighted by atomic mass is 9.85. The lowest BCUT2D eigenvalue weighted by Crippen LogP contribution is -2.44. The molecule has 3 atom stereocenters. The summed E-state index contributed by atoms with van der Waals surface area (Å²) in [6.45, 7) is 0.366. The summed E-state index contributed by atoms with van der Waals surface area (Å²) in [5.41, 5.74) is 0.945. The van der Waals surface area contributed by atoms with E-state index in [1.165, 1.54) is 12.3 Å². The summed E-state index contributed by atoms with van der Waals surface area (Å²) in [6, 6.07) is 6.40. The number of ether oxygens (including phenoxy) is 1. The third-order valence-electron chi connectivity index (χ3n) is 6.74. The minimum atomic E-state index is -4.32. The highest BCUT2D eigenvalue weighted by Gasteiger charge is 2.47. The number of hydrogen-bond donors (Lipinski definition) is 0. The van der Waals surface area contributed by atoms with Gasteiger partial charge in [-0.15, -0.1) is 11.3 Å². The number of piperidine rings is 1. The Labute approximate surface area is 209 Å². The molecule has 0 saturated carbocycles. The highest BCUT2D eigenvalue weighted by molar-refractivity contribution is 7.90. The van der Waals surface area contributed by atoms with Crippen molar-refractivity contribution in [3.63, 3.8) is 0 Å². The third-order valence-corrected chi connectivity index (χ3v) is 9.34. The largest absolute Gasteiger partial charge is 0.493 e. The van der Waals surface area contributed by atoms with Gasteiger partial charge in [0, 0.05) is 48.4 Å². The van der Waals surface area contributed by atoms with E-state index in [-0.39, 0.29) is 31.7 Å². The summed E-state index contributed by atoms with van der Waals surface area (Å²) >= 11 is 1.16. The molecule has 0 aliphatic carbocycles. The van der Waals surface area contributed by atoms with Crippen molar-refractivity contribution in [2.75, 3.05) is 13.2 Å². The molecule has 36 heavy (non-hydrogen) atoms. The molecule has 0 radical (unpaired) electrons. The number of halogens is 4. The molecule has 0 unspecified atom stereocenters. The number of nitrogens with zero attached hydrogens (tertiary/aromatic N) is 3. The van der Waals surface area contributed by atoms with Crippen molar-refractivity contribution in [3.05, 3.63) is 70.2 Å². The summed E-state index contributed by atoms with van der Waals surface area (Å²) in [4.78, 5) is 9.74. The van der Waals surface area contributed by atoms with Gasteiger partial charge in [-0.1, -0.05) is 6.07 Å². The molecule has 12 heteroatoms. The summed E-state index contributed by atoms with van der Waals surface area (Å²) in [7, 11) is -4.02. The molecular formula is C24H23F4N3O3S2. The predicted octanol–water partition coefficient (Wildman–Crippen LogP) is 5.49. The Bertz CT molecular complexity index is 1320. The van der Waals surface area contributed by atoms with Crippen molar-refractivity contribution in [2.45, 2.75) is 48.2 Å². The number of fused-ring (bicyclic) bond motifs is 1. The molecule has 0 N–H and O–H groups in total. The van der Waals surface area contributed by atoms with Crippen LogP contribution in [-0.4, -0.2) is 42.6 Å². The van der Waals surface area contributed by atoms with Gasteiger partial charge in [0.2, 0.25) is 0 Å². The molecule has 2 aliphatic heterocycles. The van der Waals surface area contributed by atoms with Crippen LogP contribution in [0.25, 0.3) is 0 Å². The number of hydrogen-bond acceptors (Lipinski definition) is 7. The third kappa shape index (κ3) is 4.98. The van der Waals surface area contributed by atoms with Gasteiger partial charge in [-0.3, -0.25) is 9.88 Å². The van der Waals surface area contributed by atoms with Crippen LogP contribution in [0.5, 0.6) is 5.75 Å². The fraction of sp³-hybridized carbons (Fsp3) is 0.417. The normalized spacial score (nSPS) is 23.2. The zero-order chi connectivity index (χ0) is 25.5. The SMILES string of the molecule is O=S(=O)(Cc1nccs1)c1cc2c(cc1F)[C@@H](N1CC[C@@H](C(F)(F)F)C[C@H]1c1ccccn1)CCO2. The van der Waals surface area contributed by atoms with Crippen LogP contribution in [0.3, 0.4) is 0 Å². The van der Waals surface area contributed by atoms with Crippen molar-refractivity contribution in [2.24, 2.45) is 5.92 Å². The molecule has 0 amide bonds. The van der Waals surface area contributed by atoms with Gasteiger partial charge in [0.05, 0.1) is 24.3 Å². The molecule has 2 aliphatic rings. The number of sulfone groups is 1. The molecule has 1 fully saturated rings. The highest BCUT2D eigenvalue weighted by atomic mass is 32.2. The topological polar surface area (TPSA) is 72.4 Å². The second-order valence-electron chi connectivity index (χ2n) is 8.93. The Morgan fingerprint density at radius 3 is 2.64 bits per heavy atom. The summed E-state index contributed by atoms with van der Waals surface area (Å²) < 4.78 is 87.6. The van der Waals surface area contributed by atoms with Crippen LogP contribution in [0, 0.1) is 11.7 Å². The summed E-state index contributed by atoms with van der Waals surface area (Å²) in [6.07, 6.45) is -1.11. The monoisotopic (exact) mass is 541 g/mol. The molecule has 192 valence electrons. The lowest BCUT2D eigenvalue weighted by molar-refractivity contribution is -0.192. The number of pyridine rings is 1. The van der Waals surface area contributed by atoms with Gasteiger partial charge in [0.1, 0.15) is 27.2 Å². The van der Waals surface area contributed by atoms with E-state index in [9.17, 15) is 21.6 Å². The van der Waals surface area contributed by atoms with Crippen molar-refractivity contribution in [3.8, 4) is 5.75 Å². The van der Waals surface area contributed by atoms with E-state index in [1.807, 2.05) is 4.90 Å². The lowest BCUT2D eigenvalue weighted by Gasteiger charge is -2.45. The van der Waals surface area contributed by atoms with Crippen LogP contribution < -0.4 is 4.74 Å². The average molecular weight is 542 g/mol. The number of alkyl halides is 3. The Kier molecular flexibility index (Phi) is 6.77. The van der Waals surface area contributed by atoms with Gasteiger partial charge in [-0.05, 0) is 31.0 Å². The first-order valence-electron chi connectivity index (χ1n) is 11.4. The van der Waals surface area contributed by atoms with Crippen molar-refractivity contribution < 1.29 is 30.7 Å². The van der Waals surface area contributed by atoms with E-state index in [0.717, 1.165) is 17.4 Å². The van der Waals surface area contributed by atoms with Crippen LogP contribution in [-0.2, 0) is 15.6 Å². The zero-order valence-corrected chi connectivity index (χ0v) is 20.6. The highest BCUT2D eigenvalue weighted by Crippen LogP contribution is 2.48. The van der Waals surface area contributed by atoms with Crippen LogP contribution in [0.15, 0.2) is 53.0 Å². The minimum absolute atomic E-state index is 0.0811. The quantitative estimate of drug-likeness (QED) is 0.398. The van der Waals surface area contributed by atoms with Gasteiger partial charge < -0.3 is 4.74 Å². The maximum absolute atomic E-state index is 15.2. The number of benzene rings is 1. The first-order valence-corrected chi connectivity index (χ1v) is 14.0. The Morgan fingerprint density at radius 1 is 1.11 bits per heavy atom. The maximum Gasteiger partial charge on any atom is 0.391 e. The van der Waals surface area contributed by atoms with Crippen LogP contribution in [0.2, 0.25) is 0 Å². The van der Waals surface area contributed by atoms with Crippen molar-refractivity contribution in [1.29, 1.82) is 0 Å². The van der Waals surface area contributed by atoms with Gasteiger partial charge >= 0.3 is 6.18 Å². The molecular weight excluding hydrogens is 518 g/mol. The van der Waals surface area contributed by atoms with Gasteiger partial charge in [-0.25, -0.2) is 17.8 Å². The fourth-order valence-corrected chi connectivity index (χ4v) is 7.37. The molecule has 0 spiro atoms. The molecule has 1 aromatic carbocycles. The summed E-state index contributed by atoms with van der Waals surface area (Å²) in [5.74, 6) is -2.59. The first kappa shape index (κ1) is 25.1. The van der Waals surface area contributed by atoms with Crippen LogP contribution in [0.4, 0.5) is 17.6 Å². The minimum Gasteiger partial charge on any atom is -0.493 e. The van der Waals surface area contributed by atoms with Crippen molar-refractivity contribution >= 4 is 21.2 Å². The second-order valence-corrected chi connectivity index (χ2v) is 11.9. The Hall–Kier alpha value is -2.57. The second kappa shape index (κ2) is 9.71. The summed E-state index contributed by atoms with van der Waals surface area (Å²) in [5, 5.41) is 1.98.